The predicted molar refractivity (Wildman–Crippen MR) is 36.5 cm³/mol. The molecule has 9 heavy (non-hydrogen) atoms. The number of rotatable bonds is 0. The molecule has 0 aromatic rings. The number of hydrogen-bond acceptors (Lipinski definition) is 0. The van der Waals surface area contributed by atoms with Gasteiger partial charge >= 0.3 is 0 Å². The van der Waals surface area contributed by atoms with Gasteiger partial charge in [-0.25, -0.2) is 0 Å². The predicted octanol–water partition coefficient (Wildman–Crippen LogP) is 2.79. The normalized spacial score (nSPS) is 24.7. The van der Waals surface area contributed by atoms with Gasteiger partial charge in [0.2, 0.25) is 0 Å². The quantitative estimate of drug-likeness (QED) is 0.590. The standard InChI is InChI=1S/C8H15.U/c1-8(2)6-4-3-5-7-8;/h1,3-7H2,2H3;/q-1;. The summed E-state index contributed by atoms with van der Waals surface area (Å²) in [6, 6.07) is 0. The summed E-state index contributed by atoms with van der Waals surface area (Å²) in [5.74, 6) is 0. The Bertz CT molecular complexity index is 68.6. The van der Waals surface area contributed by atoms with E-state index in [9.17, 15) is 0 Å². The molecule has 1 aliphatic rings. The third-order valence-corrected chi connectivity index (χ3v) is 2.06. The van der Waals surface area contributed by atoms with Gasteiger partial charge in [0.1, 0.15) is 0 Å². The average molecular weight is 349 g/mol. The van der Waals surface area contributed by atoms with E-state index in [0.717, 1.165) is 0 Å². The molecule has 0 heterocycles. The van der Waals surface area contributed by atoms with Crippen molar-refractivity contribution in [2.75, 3.05) is 0 Å². The van der Waals surface area contributed by atoms with Gasteiger partial charge < -0.3 is 6.92 Å². The van der Waals surface area contributed by atoms with Gasteiger partial charge in [0.15, 0.2) is 0 Å². The first kappa shape index (κ1) is 10.1. The van der Waals surface area contributed by atoms with E-state index in [-0.39, 0.29) is 31.1 Å². The van der Waals surface area contributed by atoms with Gasteiger partial charge in [-0.15, -0.1) is 0 Å². The van der Waals surface area contributed by atoms with Crippen molar-refractivity contribution < 1.29 is 31.1 Å². The first-order valence-electron chi connectivity index (χ1n) is 3.56. The van der Waals surface area contributed by atoms with Crippen LogP contribution in [-0.4, -0.2) is 0 Å². The second kappa shape index (κ2) is 4.04. The van der Waals surface area contributed by atoms with E-state index in [2.05, 4.69) is 13.8 Å². The fraction of sp³-hybridized carbons (Fsp3) is 0.875. The van der Waals surface area contributed by atoms with Crippen molar-refractivity contribution in [3.8, 4) is 0 Å². The molecule has 1 aliphatic carbocycles. The van der Waals surface area contributed by atoms with Crippen molar-refractivity contribution in [2.24, 2.45) is 5.41 Å². The van der Waals surface area contributed by atoms with Crippen molar-refractivity contribution in [3.63, 3.8) is 0 Å². The molecule has 0 aromatic heterocycles. The summed E-state index contributed by atoms with van der Waals surface area (Å²) in [6.07, 6.45) is 6.92. The molecule has 0 N–H and O–H groups in total. The molecule has 0 bridgehead atoms. The number of hydrogen-bond donors (Lipinski definition) is 0. The second-order valence-electron chi connectivity index (χ2n) is 3.37. The van der Waals surface area contributed by atoms with Crippen LogP contribution in [0.15, 0.2) is 0 Å². The minimum absolute atomic E-state index is 0. The van der Waals surface area contributed by atoms with E-state index in [0.29, 0.717) is 5.41 Å². The molecule has 1 heteroatoms. The Kier molecular flexibility index (Phi) is 4.51. The molecule has 0 spiro atoms. The summed E-state index contributed by atoms with van der Waals surface area (Å²) < 4.78 is 0. The zero-order chi connectivity index (χ0) is 6.04. The Hall–Kier alpha value is 1.05. The Morgan fingerprint density at radius 1 is 1.11 bits per heavy atom. The average Bonchev–Trinajstić information content (AvgIpc) is 1.65. The van der Waals surface area contributed by atoms with Crippen LogP contribution >= 0.6 is 0 Å². The van der Waals surface area contributed by atoms with Crippen LogP contribution in [0.5, 0.6) is 0 Å². The topological polar surface area (TPSA) is 0 Å². The first-order chi connectivity index (χ1) is 3.71. The molecule has 0 amide bonds. The largest absolute Gasteiger partial charge is 0.337 e. The van der Waals surface area contributed by atoms with Crippen molar-refractivity contribution in [2.45, 2.75) is 39.0 Å². The Morgan fingerprint density at radius 2 is 1.56 bits per heavy atom. The van der Waals surface area contributed by atoms with E-state index >= 15 is 0 Å². The van der Waals surface area contributed by atoms with Gasteiger partial charge in [-0.1, -0.05) is 39.0 Å². The Labute approximate surface area is 82.2 Å². The summed E-state index contributed by atoms with van der Waals surface area (Å²) in [5, 5.41) is 0. The maximum absolute atomic E-state index is 4.13. The van der Waals surface area contributed by atoms with E-state index in [1.807, 2.05) is 0 Å². The maximum Gasteiger partial charge on any atom is 0 e. The van der Waals surface area contributed by atoms with Crippen LogP contribution in [-0.2, 0) is 0 Å². The van der Waals surface area contributed by atoms with Crippen molar-refractivity contribution in [1.29, 1.82) is 0 Å². The molecule has 0 saturated heterocycles. The fourth-order valence-electron chi connectivity index (χ4n) is 1.41. The summed E-state index contributed by atoms with van der Waals surface area (Å²) in [7, 11) is 0. The zero-order valence-corrected chi connectivity index (χ0v) is 10.4. The maximum atomic E-state index is 4.13. The molecule has 0 aliphatic heterocycles. The second-order valence-corrected chi connectivity index (χ2v) is 3.37. The molecule has 0 unspecified atom stereocenters. The molecular formula is C8H15U-. The third-order valence-electron chi connectivity index (χ3n) is 2.06. The van der Waals surface area contributed by atoms with Gasteiger partial charge in [-0.2, -0.15) is 5.41 Å². The van der Waals surface area contributed by atoms with Gasteiger partial charge in [-0.3, -0.25) is 0 Å². The smallest absolute Gasteiger partial charge is 0 e. The molecular weight excluding hydrogens is 334 g/mol. The van der Waals surface area contributed by atoms with E-state index in [4.69, 9.17) is 0 Å². The first-order valence-corrected chi connectivity index (χ1v) is 3.56. The van der Waals surface area contributed by atoms with Crippen molar-refractivity contribution in [3.05, 3.63) is 6.92 Å². The van der Waals surface area contributed by atoms with Gasteiger partial charge in [0.05, 0.1) is 0 Å². The van der Waals surface area contributed by atoms with Crippen LogP contribution in [0.3, 0.4) is 0 Å². The molecule has 1 rings (SSSR count). The molecule has 52 valence electrons. The van der Waals surface area contributed by atoms with E-state index in [1.165, 1.54) is 32.1 Å². The van der Waals surface area contributed by atoms with Crippen LogP contribution in [0.2, 0.25) is 0 Å². The summed E-state index contributed by atoms with van der Waals surface area (Å²) >= 11 is 0. The molecule has 0 aromatic carbocycles. The zero-order valence-electron chi connectivity index (χ0n) is 6.24. The summed E-state index contributed by atoms with van der Waals surface area (Å²) in [6.45, 7) is 6.40. The molecule has 0 radical (unpaired) electrons. The summed E-state index contributed by atoms with van der Waals surface area (Å²) in [5.41, 5.74) is 0.429. The summed E-state index contributed by atoms with van der Waals surface area (Å²) in [4.78, 5) is 0. The van der Waals surface area contributed by atoms with Crippen LogP contribution < -0.4 is 0 Å². The molecule has 0 atom stereocenters. The minimum atomic E-state index is 0. The van der Waals surface area contributed by atoms with Gasteiger partial charge in [0.25, 0.3) is 0 Å². The van der Waals surface area contributed by atoms with Gasteiger partial charge in [0, 0.05) is 31.1 Å². The fourth-order valence-corrected chi connectivity index (χ4v) is 1.41. The van der Waals surface area contributed by atoms with Crippen LogP contribution in [0.25, 0.3) is 0 Å². The van der Waals surface area contributed by atoms with Crippen LogP contribution in [0.4, 0.5) is 0 Å². The molecule has 1 saturated carbocycles. The SMILES string of the molecule is [CH2-]C1(C)CCCCC1.[U]. The molecule has 1 fully saturated rings. The minimum Gasteiger partial charge on any atom is -0.337 e. The Morgan fingerprint density at radius 3 is 1.78 bits per heavy atom. The van der Waals surface area contributed by atoms with Crippen molar-refractivity contribution in [1.82, 2.24) is 0 Å². The van der Waals surface area contributed by atoms with Crippen LogP contribution in [0.1, 0.15) is 39.0 Å². The third kappa shape index (κ3) is 3.69. The van der Waals surface area contributed by atoms with Crippen LogP contribution in [0, 0.1) is 43.5 Å². The van der Waals surface area contributed by atoms with E-state index < -0.39 is 0 Å². The van der Waals surface area contributed by atoms with Gasteiger partial charge in [-0.05, 0) is 0 Å². The van der Waals surface area contributed by atoms with Crippen molar-refractivity contribution >= 4 is 0 Å². The van der Waals surface area contributed by atoms with E-state index in [1.54, 1.807) is 0 Å². The molecule has 0 nitrogen and oxygen atoms in total. The Balaban J connectivity index is 0.000000640. The monoisotopic (exact) mass is 349 g/mol.